The van der Waals surface area contributed by atoms with E-state index < -0.39 is 0 Å². The third-order valence-electron chi connectivity index (χ3n) is 5.96. The summed E-state index contributed by atoms with van der Waals surface area (Å²) in [5.41, 5.74) is 5.03. The van der Waals surface area contributed by atoms with Crippen molar-refractivity contribution in [1.82, 2.24) is 9.88 Å². The van der Waals surface area contributed by atoms with Crippen LogP contribution in [0.25, 0.3) is 10.9 Å². The van der Waals surface area contributed by atoms with Gasteiger partial charge in [0, 0.05) is 24.2 Å². The Balaban J connectivity index is 1.74. The summed E-state index contributed by atoms with van der Waals surface area (Å²) in [5, 5.41) is 0.948. The molecule has 0 bridgehead atoms. The molecule has 0 N–H and O–H groups in total. The zero-order valence-corrected chi connectivity index (χ0v) is 16.8. The smallest absolute Gasteiger partial charge is 0.310 e. The van der Waals surface area contributed by atoms with Gasteiger partial charge < -0.3 is 9.64 Å². The lowest BCUT2D eigenvalue weighted by atomic mass is 9.88. The molecule has 2 aromatic rings. The molecule has 1 aliphatic heterocycles. The van der Waals surface area contributed by atoms with E-state index >= 15 is 0 Å². The number of ether oxygens (including phenoxy) is 1. The first-order valence-corrected chi connectivity index (χ1v) is 10.5. The van der Waals surface area contributed by atoms with Gasteiger partial charge in [0.25, 0.3) is 5.91 Å². The van der Waals surface area contributed by atoms with Crippen molar-refractivity contribution in [1.29, 1.82) is 0 Å². The summed E-state index contributed by atoms with van der Waals surface area (Å²) < 4.78 is 5.20. The number of benzene rings is 1. The fraction of sp³-hybridized carbons (Fsp3) is 0.522. The monoisotopic (exact) mass is 380 g/mol. The lowest BCUT2D eigenvalue weighted by Gasteiger charge is -2.33. The van der Waals surface area contributed by atoms with E-state index in [0.717, 1.165) is 71.8 Å². The van der Waals surface area contributed by atoms with Gasteiger partial charge in [0.1, 0.15) is 0 Å². The van der Waals surface area contributed by atoms with Crippen LogP contribution in [0.3, 0.4) is 0 Å². The molecule has 4 rings (SSSR count). The molecule has 5 nitrogen and oxygen atoms in total. The summed E-state index contributed by atoms with van der Waals surface area (Å²) in [7, 11) is 0. The topological polar surface area (TPSA) is 59.5 Å². The molecule has 2 aliphatic rings. The predicted molar refractivity (Wildman–Crippen MR) is 108 cm³/mol. The van der Waals surface area contributed by atoms with Gasteiger partial charge in [0.05, 0.1) is 23.6 Å². The third kappa shape index (κ3) is 3.50. The first-order valence-electron chi connectivity index (χ1n) is 10.5. The van der Waals surface area contributed by atoms with Crippen LogP contribution in [0.2, 0.25) is 0 Å². The molecule has 1 unspecified atom stereocenters. The Labute approximate surface area is 166 Å². The summed E-state index contributed by atoms with van der Waals surface area (Å²) in [5.74, 6) is -0.356. The number of aromatic nitrogens is 1. The van der Waals surface area contributed by atoms with Gasteiger partial charge in [-0.1, -0.05) is 11.6 Å². The highest BCUT2D eigenvalue weighted by Gasteiger charge is 2.32. The summed E-state index contributed by atoms with van der Waals surface area (Å²) in [4.78, 5) is 32.6. The Morgan fingerprint density at radius 1 is 1.21 bits per heavy atom. The van der Waals surface area contributed by atoms with Crippen molar-refractivity contribution in [3.63, 3.8) is 0 Å². The molecule has 2 heterocycles. The minimum Gasteiger partial charge on any atom is -0.466 e. The Hall–Kier alpha value is -2.43. The molecular formula is C23H28N2O3. The number of hydrogen-bond donors (Lipinski definition) is 0. The van der Waals surface area contributed by atoms with Gasteiger partial charge in [-0.15, -0.1) is 0 Å². The predicted octanol–water partition coefficient (Wildman–Crippen LogP) is 3.84. The summed E-state index contributed by atoms with van der Waals surface area (Å²) in [6.45, 7) is 5.39. The van der Waals surface area contributed by atoms with Crippen molar-refractivity contribution in [2.24, 2.45) is 5.92 Å². The SMILES string of the molecule is CCOC(=O)C1CCCN(C(=O)c2c3c(nc4ccc(C)cc24)CCCC3)C1. The number of amides is 1. The molecule has 1 amide bonds. The Bertz CT molecular complexity index is 922. The number of fused-ring (bicyclic) bond motifs is 2. The third-order valence-corrected chi connectivity index (χ3v) is 5.96. The molecular weight excluding hydrogens is 352 g/mol. The van der Waals surface area contributed by atoms with Crippen LogP contribution in [0.4, 0.5) is 0 Å². The fourth-order valence-corrected chi connectivity index (χ4v) is 4.55. The molecule has 5 heteroatoms. The van der Waals surface area contributed by atoms with E-state index in [9.17, 15) is 9.59 Å². The van der Waals surface area contributed by atoms with Crippen LogP contribution in [-0.4, -0.2) is 41.5 Å². The highest BCUT2D eigenvalue weighted by atomic mass is 16.5. The van der Waals surface area contributed by atoms with Crippen molar-refractivity contribution < 1.29 is 14.3 Å². The maximum absolute atomic E-state index is 13.7. The average Bonchev–Trinajstić information content (AvgIpc) is 2.72. The van der Waals surface area contributed by atoms with Crippen LogP contribution >= 0.6 is 0 Å². The van der Waals surface area contributed by atoms with Gasteiger partial charge >= 0.3 is 5.97 Å². The Morgan fingerprint density at radius 3 is 2.86 bits per heavy atom. The maximum atomic E-state index is 13.7. The van der Waals surface area contributed by atoms with Crippen LogP contribution in [-0.2, 0) is 22.4 Å². The molecule has 1 saturated heterocycles. The molecule has 0 saturated carbocycles. The second kappa shape index (κ2) is 7.90. The van der Waals surface area contributed by atoms with Crippen LogP contribution in [0.1, 0.15) is 59.8 Å². The number of likely N-dealkylation sites (tertiary alicyclic amines) is 1. The molecule has 0 spiro atoms. The zero-order chi connectivity index (χ0) is 19.7. The van der Waals surface area contributed by atoms with Gasteiger partial charge in [-0.25, -0.2) is 0 Å². The van der Waals surface area contributed by atoms with Crippen molar-refractivity contribution in [3.05, 3.63) is 40.6 Å². The minimum atomic E-state index is -0.219. The van der Waals surface area contributed by atoms with E-state index in [4.69, 9.17) is 9.72 Å². The van der Waals surface area contributed by atoms with Gasteiger partial charge in [-0.2, -0.15) is 0 Å². The normalized spacial score (nSPS) is 19.4. The summed E-state index contributed by atoms with van der Waals surface area (Å²) in [6.07, 6.45) is 5.68. The summed E-state index contributed by atoms with van der Waals surface area (Å²) >= 11 is 0. The van der Waals surface area contributed by atoms with Crippen LogP contribution < -0.4 is 0 Å². The van der Waals surface area contributed by atoms with E-state index in [2.05, 4.69) is 12.1 Å². The average molecular weight is 380 g/mol. The lowest BCUT2D eigenvalue weighted by molar-refractivity contribution is -0.149. The van der Waals surface area contributed by atoms with Crippen LogP contribution in [0, 0.1) is 12.8 Å². The largest absolute Gasteiger partial charge is 0.466 e. The van der Waals surface area contributed by atoms with Crippen LogP contribution in [0.5, 0.6) is 0 Å². The fourth-order valence-electron chi connectivity index (χ4n) is 4.55. The van der Waals surface area contributed by atoms with E-state index in [0.29, 0.717) is 19.7 Å². The lowest BCUT2D eigenvalue weighted by Crippen LogP contribution is -2.43. The van der Waals surface area contributed by atoms with Crippen LogP contribution in [0.15, 0.2) is 18.2 Å². The van der Waals surface area contributed by atoms with E-state index in [1.165, 1.54) is 0 Å². The number of carbonyl (C=O) groups excluding carboxylic acids is 2. The molecule has 1 aliphatic carbocycles. The number of esters is 1. The molecule has 1 fully saturated rings. The number of carbonyl (C=O) groups is 2. The van der Waals surface area contributed by atoms with Gasteiger partial charge in [-0.3, -0.25) is 14.6 Å². The number of rotatable bonds is 3. The van der Waals surface area contributed by atoms with Crippen molar-refractivity contribution in [2.45, 2.75) is 52.4 Å². The van der Waals surface area contributed by atoms with Crippen molar-refractivity contribution in [2.75, 3.05) is 19.7 Å². The second-order valence-electron chi connectivity index (χ2n) is 7.98. The number of piperidine rings is 1. The molecule has 28 heavy (non-hydrogen) atoms. The van der Waals surface area contributed by atoms with E-state index in [1.807, 2.05) is 24.8 Å². The molecule has 148 valence electrons. The van der Waals surface area contributed by atoms with Gasteiger partial charge in [0.2, 0.25) is 0 Å². The molecule has 1 atom stereocenters. The Morgan fingerprint density at radius 2 is 2.04 bits per heavy atom. The summed E-state index contributed by atoms with van der Waals surface area (Å²) in [6, 6.07) is 6.15. The quantitative estimate of drug-likeness (QED) is 0.759. The van der Waals surface area contributed by atoms with Crippen molar-refractivity contribution in [3.8, 4) is 0 Å². The first-order chi connectivity index (χ1) is 13.6. The zero-order valence-electron chi connectivity index (χ0n) is 16.8. The van der Waals surface area contributed by atoms with Gasteiger partial charge in [-0.05, 0) is 70.1 Å². The highest BCUT2D eigenvalue weighted by Crippen LogP contribution is 2.32. The number of aryl methyl sites for hydroxylation is 2. The standard InChI is InChI=1S/C23H28N2O3/c1-3-28-23(27)16-7-6-12-25(14-16)22(26)21-17-8-4-5-9-19(17)24-20-11-10-15(2)13-18(20)21/h10-11,13,16H,3-9,12,14H2,1-2H3. The van der Waals surface area contributed by atoms with Gasteiger partial charge in [0.15, 0.2) is 0 Å². The van der Waals surface area contributed by atoms with E-state index in [-0.39, 0.29) is 17.8 Å². The number of pyridine rings is 1. The number of nitrogens with zero attached hydrogens (tertiary/aromatic N) is 2. The highest BCUT2D eigenvalue weighted by molar-refractivity contribution is 6.08. The Kier molecular flexibility index (Phi) is 5.33. The molecule has 1 aromatic carbocycles. The molecule has 1 aromatic heterocycles. The minimum absolute atomic E-state index is 0.0464. The number of hydrogen-bond acceptors (Lipinski definition) is 4. The van der Waals surface area contributed by atoms with E-state index in [1.54, 1.807) is 0 Å². The van der Waals surface area contributed by atoms with Crippen molar-refractivity contribution >= 4 is 22.8 Å². The second-order valence-corrected chi connectivity index (χ2v) is 7.98. The maximum Gasteiger partial charge on any atom is 0.310 e. The molecule has 0 radical (unpaired) electrons. The first kappa shape index (κ1) is 18.9.